The number of unbranched alkanes of at least 4 members (excludes halogenated alkanes) is 4. The summed E-state index contributed by atoms with van der Waals surface area (Å²) in [6, 6.07) is -1.09. The molecule has 0 rings (SSSR count). The molecule has 0 aliphatic rings. The van der Waals surface area contributed by atoms with E-state index < -0.39 is 28.0 Å². The van der Waals surface area contributed by atoms with Crippen molar-refractivity contribution in [1.82, 2.24) is 5.32 Å². The minimum Gasteiger partial charge on any atom is -0.387 e. The summed E-state index contributed by atoms with van der Waals surface area (Å²) in [5.74, 6) is -1.08. The number of hydrogen-bond acceptors (Lipinski definition) is 4. The minimum absolute atomic E-state index is 0.208. The number of carbonyl (C=O) groups is 1. The molecule has 0 aromatic carbocycles. The van der Waals surface area contributed by atoms with Crippen LogP contribution in [0, 0.1) is 0 Å². The van der Waals surface area contributed by atoms with Crippen LogP contribution >= 0.6 is 0 Å². The zero-order valence-electron chi connectivity index (χ0n) is 26.5. The Labute approximate surface area is 262 Å². The molecule has 0 bridgehead atoms. The van der Waals surface area contributed by atoms with Gasteiger partial charge in [-0.1, -0.05) is 124 Å². The van der Waals surface area contributed by atoms with Crippen LogP contribution in [0.2, 0.25) is 0 Å². The molecule has 2 atom stereocenters. The zero-order chi connectivity index (χ0) is 31.9. The first-order valence-electron chi connectivity index (χ1n) is 15.9. The quantitative estimate of drug-likeness (QED) is 0.0513. The lowest BCUT2D eigenvalue weighted by atomic mass is 10.1. The maximum atomic E-state index is 12.3. The highest BCUT2D eigenvalue weighted by atomic mass is 32.2. The molecule has 0 saturated heterocycles. The van der Waals surface area contributed by atoms with E-state index in [9.17, 15) is 22.9 Å². The molecule has 0 aliphatic carbocycles. The third-order valence-corrected chi connectivity index (χ3v) is 7.05. The van der Waals surface area contributed by atoms with E-state index in [1.165, 1.54) is 6.08 Å². The second-order valence-electron chi connectivity index (χ2n) is 10.4. The second-order valence-corrected chi connectivity index (χ2v) is 11.8. The lowest BCUT2D eigenvalue weighted by molar-refractivity contribution is -0.122. The summed E-state index contributed by atoms with van der Waals surface area (Å²) in [5, 5.41) is 12.9. The molecule has 6 nitrogen and oxygen atoms in total. The summed E-state index contributed by atoms with van der Waals surface area (Å²) >= 11 is 0. The van der Waals surface area contributed by atoms with E-state index in [4.69, 9.17) is 0 Å². The average molecular weight is 616 g/mol. The van der Waals surface area contributed by atoms with Crippen molar-refractivity contribution in [3.63, 3.8) is 0 Å². The fourth-order valence-corrected chi connectivity index (χ4v) is 4.64. The normalized spacial score (nSPS) is 14.8. The monoisotopic (exact) mass is 615 g/mol. The smallest absolute Gasteiger partial charge is 0.267 e. The first-order chi connectivity index (χ1) is 20.8. The van der Waals surface area contributed by atoms with E-state index in [-0.39, 0.29) is 12.3 Å². The van der Waals surface area contributed by atoms with Crippen molar-refractivity contribution in [2.45, 2.75) is 116 Å². The van der Waals surface area contributed by atoms with Gasteiger partial charge in [0.05, 0.1) is 17.9 Å². The van der Waals surface area contributed by atoms with Gasteiger partial charge in [-0.2, -0.15) is 8.42 Å². The SMILES string of the molecule is CC/C=C\C/C=C\C/C=C\C/C=C\C/C=C\C/C=C\C/C=C\CCCC(=O)NC(CS(=O)(=O)O)C(O)/C=C/CCCCC. The molecule has 0 spiro atoms. The van der Waals surface area contributed by atoms with Crippen molar-refractivity contribution < 1.29 is 22.9 Å². The molecule has 43 heavy (non-hydrogen) atoms. The summed E-state index contributed by atoms with van der Waals surface area (Å²) in [4.78, 5) is 12.3. The Kier molecular flexibility index (Phi) is 27.5. The Morgan fingerprint density at radius 2 is 1.09 bits per heavy atom. The highest BCUT2D eigenvalue weighted by Gasteiger charge is 2.24. The third kappa shape index (κ3) is 30.5. The highest BCUT2D eigenvalue weighted by molar-refractivity contribution is 7.85. The lowest BCUT2D eigenvalue weighted by Gasteiger charge is -2.21. The van der Waals surface area contributed by atoms with Crippen LogP contribution in [0.15, 0.2) is 97.2 Å². The Hall–Kier alpha value is -2.74. The van der Waals surface area contributed by atoms with Crippen molar-refractivity contribution in [2.24, 2.45) is 0 Å². The molecule has 242 valence electrons. The molecule has 2 unspecified atom stereocenters. The Morgan fingerprint density at radius 3 is 1.53 bits per heavy atom. The molecule has 0 radical (unpaired) electrons. The van der Waals surface area contributed by atoms with Gasteiger partial charge < -0.3 is 10.4 Å². The van der Waals surface area contributed by atoms with Crippen LogP contribution in [0.4, 0.5) is 0 Å². The Morgan fingerprint density at radius 1 is 0.651 bits per heavy atom. The van der Waals surface area contributed by atoms with Crippen LogP contribution in [-0.4, -0.2) is 41.9 Å². The standard InChI is InChI=1S/C36H57NO5S/c1-3-5-7-9-10-11-12-13-14-15-16-17-18-19-20-21-22-23-24-25-26-28-30-32-36(39)37-34(33-43(40,41)42)35(38)31-29-27-8-6-4-2/h5,7,10-11,13-14,16-17,19-20,22-23,25-26,29,31,34-35,38H,3-4,6,8-9,12,15,18,21,24,27-28,30,32-33H2,1-2H3,(H,37,39)(H,40,41,42)/b7-5-,11-10-,14-13-,17-16-,20-19-,23-22-,26-25-,31-29+. The molecule has 0 aromatic rings. The number of hydrogen-bond donors (Lipinski definition) is 3. The topological polar surface area (TPSA) is 104 Å². The molecule has 7 heteroatoms. The number of nitrogens with one attached hydrogen (secondary N) is 1. The van der Waals surface area contributed by atoms with Gasteiger partial charge in [0.1, 0.15) is 0 Å². The van der Waals surface area contributed by atoms with Crippen molar-refractivity contribution >= 4 is 16.0 Å². The predicted molar refractivity (Wildman–Crippen MR) is 183 cm³/mol. The van der Waals surface area contributed by atoms with Gasteiger partial charge in [0.15, 0.2) is 0 Å². The van der Waals surface area contributed by atoms with E-state index in [0.29, 0.717) is 6.42 Å². The summed E-state index contributed by atoms with van der Waals surface area (Å²) in [7, 11) is -4.35. The Balaban J connectivity index is 4.07. The third-order valence-electron chi connectivity index (χ3n) is 6.27. The van der Waals surface area contributed by atoms with Gasteiger partial charge >= 0.3 is 0 Å². The van der Waals surface area contributed by atoms with Gasteiger partial charge in [0.2, 0.25) is 5.91 Å². The van der Waals surface area contributed by atoms with Gasteiger partial charge in [-0.3, -0.25) is 9.35 Å². The van der Waals surface area contributed by atoms with Gasteiger partial charge in [-0.15, -0.1) is 0 Å². The van der Waals surface area contributed by atoms with E-state index >= 15 is 0 Å². The first-order valence-corrected chi connectivity index (χ1v) is 17.5. The minimum atomic E-state index is -4.35. The van der Waals surface area contributed by atoms with Gasteiger partial charge in [0.25, 0.3) is 10.1 Å². The number of aliphatic hydroxyl groups excluding tert-OH is 1. The van der Waals surface area contributed by atoms with E-state index in [2.05, 4.69) is 98.2 Å². The molecular formula is C36H57NO5S. The van der Waals surface area contributed by atoms with Crippen molar-refractivity contribution in [3.8, 4) is 0 Å². The molecular weight excluding hydrogens is 558 g/mol. The van der Waals surface area contributed by atoms with Gasteiger partial charge in [-0.05, 0) is 70.6 Å². The van der Waals surface area contributed by atoms with Crippen LogP contribution in [0.25, 0.3) is 0 Å². The van der Waals surface area contributed by atoms with E-state index in [1.54, 1.807) is 6.08 Å². The van der Waals surface area contributed by atoms with Crippen molar-refractivity contribution in [3.05, 3.63) is 97.2 Å². The maximum Gasteiger partial charge on any atom is 0.267 e. The van der Waals surface area contributed by atoms with Crippen molar-refractivity contribution in [2.75, 3.05) is 5.75 Å². The molecule has 0 fully saturated rings. The molecule has 0 saturated carbocycles. The van der Waals surface area contributed by atoms with Crippen LogP contribution in [0.5, 0.6) is 0 Å². The highest BCUT2D eigenvalue weighted by Crippen LogP contribution is 2.06. The van der Waals surface area contributed by atoms with Crippen LogP contribution in [-0.2, 0) is 14.9 Å². The fraction of sp³-hybridized carbons (Fsp3) is 0.528. The Bertz CT molecular complexity index is 1030. The van der Waals surface area contributed by atoms with Gasteiger partial charge in [0, 0.05) is 6.42 Å². The van der Waals surface area contributed by atoms with E-state index in [0.717, 1.165) is 77.0 Å². The average Bonchev–Trinajstić information content (AvgIpc) is 2.96. The fourth-order valence-electron chi connectivity index (χ4n) is 3.90. The summed E-state index contributed by atoms with van der Waals surface area (Å²) in [5.41, 5.74) is 0. The predicted octanol–water partition coefficient (Wildman–Crippen LogP) is 8.67. The maximum absolute atomic E-state index is 12.3. The summed E-state index contributed by atoms with van der Waals surface area (Å²) in [6.07, 6.45) is 44.4. The van der Waals surface area contributed by atoms with Gasteiger partial charge in [-0.25, -0.2) is 0 Å². The number of amides is 1. The number of allylic oxidation sites excluding steroid dienone is 15. The number of aliphatic hydroxyl groups is 1. The van der Waals surface area contributed by atoms with E-state index in [1.807, 2.05) is 6.08 Å². The molecule has 0 aliphatic heterocycles. The summed E-state index contributed by atoms with van der Waals surface area (Å²) in [6.45, 7) is 4.24. The first kappa shape index (κ1) is 40.3. The number of rotatable bonds is 26. The second kappa shape index (κ2) is 29.3. The van der Waals surface area contributed by atoms with Crippen LogP contribution in [0.1, 0.15) is 104 Å². The number of carbonyl (C=O) groups excluding carboxylic acids is 1. The lowest BCUT2D eigenvalue weighted by Crippen LogP contribution is -2.46. The van der Waals surface area contributed by atoms with Crippen molar-refractivity contribution in [1.29, 1.82) is 0 Å². The molecule has 3 N–H and O–H groups in total. The van der Waals surface area contributed by atoms with Crippen LogP contribution in [0.3, 0.4) is 0 Å². The molecule has 0 heterocycles. The zero-order valence-corrected chi connectivity index (χ0v) is 27.3. The summed E-state index contributed by atoms with van der Waals surface area (Å²) < 4.78 is 31.9. The molecule has 0 aromatic heterocycles. The largest absolute Gasteiger partial charge is 0.387 e. The van der Waals surface area contributed by atoms with Crippen LogP contribution < -0.4 is 5.32 Å². The molecule has 1 amide bonds.